The van der Waals surface area contributed by atoms with Gasteiger partial charge in [0.2, 0.25) is 0 Å². The lowest BCUT2D eigenvalue weighted by molar-refractivity contribution is -0.122. The maximum Gasteiger partial charge on any atom is 0.411 e. The number of likely N-dealkylation sites (tertiary alicyclic amines) is 1. The van der Waals surface area contributed by atoms with E-state index in [1.165, 1.54) is 4.90 Å². The first-order valence-corrected chi connectivity index (χ1v) is 6.85. The minimum absolute atomic E-state index is 0.256. The highest BCUT2D eigenvalue weighted by molar-refractivity contribution is 5.87. The van der Waals surface area contributed by atoms with E-state index in [4.69, 9.17) is 10.5 Å². The lowest BCUT2D eigenvalue weighted by Crippen LogP contribution is -2.51. The van der Waals surface area contributed by atoms with Crippen molar-refractivity contribution in [2.24, 2.45) is 10.9 Å². The molecule has 3 atom stereocenters. The SMILES string of the molecule is CC(C)(C)OC(=O)N1C2CCC[C@@]2(N)C[C@H]1C(=O)N=O. The van der Waals surface area contributed by atoms with Gasteiger partial charge in [-0.15, -0.1) is 4.91 Å². The molecular weight excluding hydrogens is 262 g/mol. The average Bonchev–Trinajstić information content (AvgIpc) is 2.79. The van der Waals surface area contributed by atoms with Crippen molar-refractivity contribution in [2.75, 3.05) is 0 Å². The zero-order valence-electron chi connectivity index (χ0n) is 12.1. The van der Waals surface area contributed by atoms with Crippen LogP contribution < -0.4 is 5.73 Å². The van der Waals surface area contributed by atoms with Crippen molar-refractivity contribution >= 4 is 12.0 Å². The molecule has 0 radical (unpaired) electrons. The van der Waals surface area contributed by atoms with E-state index in [1.54, 1.807) is 20.8 Å². The van der Waals surface area contributed by atoms with Gasteiger partial charge in [0.15, 0.2) is 0 Å². The van der Waals surface area contributed by atoms with Gasteiger partial charge in [0.05, 0.1) is 6.04 Å². The third kappa shape index (κ3) is 2.54. The molecule has 0 aromatic rings. The van der Waals surface area contributed by atoms with Crippen LogP contribution in [0, 0.1) is 4.91 Å². The number of ether oxygens (including phenoxy) is 1. The second kappa shape index (κ2) is 4.80. The number of amides is 2. The van der Waals surface area contributed by atoms with Gasteiger partial charge in [0.1, 0.15) is 11.6 Å². The maximum atomic E-state index is 12.3. The number of hydrogen-bond acceptors (Lipinski definition) is 5. The molecule has 0 aromatic heterocycles. The lowest BCUT2D eigenvalue weighted by Gasteiger charge is -2.32. The van der Waals surface area contributed by atoms with Crippen LogP contribution in [0.5, 0.6) is 0 Å². The molecule has 2 aliphatic rings. The third-order valence-corrected chi connectivity index (χ3v) is 4.01. The van der Waals surface area contributed by atoms with Crippen LogP contribution in [0.25, 0.3) is 0 Å². The van der Waals surface area contributed by atoms with Crippen LogP contribution in [0.1, 0.15) is 46.5 Å². The first-order valence-electron chi connectivity index (χ1n) is 6.85. The fraction of sp³-hybridized carbons (Fsp3) is 0.846. The van der Waals surface area contributed by atoms with Gasteiger partial charge in [-0.05, 0) is 46.5 Å². The Balaban J connectivity index is 2.27. The molecule has 20 heavy (non-hydrogen) atoms. The molecule has 112 valence electrons. The van der Waals surface area contributed by atoms with Gasteiger partial charge in [0.25, 0.3) is 0 Å². The topological polar surface area (TPSA) is 102 Å². The maximum absolute atomic E-state index is 12.3. The molecule has 7 heteroatoms. The van der Waals surface area contributed by atoms with E-state index in [1.807, 2.05) is 0 Å². The summed E-state index contributed by atoms with van der Waals surface area (Å²) in [4.78, 5) is 35.9. The summed E-state index contributed by atoms with van der Waals surface area (Å²) in [6.07, 6.45) is 2.04. The van der Waals surface area contributed by atoms with Crippen LogP contribution in [-0.2, 0) is 9.53 Å². The highest BCUT2D eigenvalue weighted by atomic mass is 16.6. The summed E-state index contributed by atoms with van der Waals surface area (Å²) in [7, 11) is 0. The summed E-state index contributed by atoms with van der Waals surface area (Å²) in [5, 5.41) is 2.46. The Morgan fingerprint density at radius 1 is 1.40 bits per heavy atom. The Hall–Kier alpha value is -1.50. The normalized spacial score (nSPS) is 32.9. The van der Waals surface area contributed by atoms with Gasteiger partial charge in [-0.2, -0.15) is 0 Å². The van der Waals surface area contributed by atoms with Crippen molar-refractivity contribution in [3.8, 4) is 0 Å². The summed E-state index contributed by atoms with van der Waals surface area (Å²) in [6.45, 7) is 5.25. The van der Waals surface area contributed by atoms with Gasteiger partial charge >= 0.3 is 12.0 Å². The molecule has 0 spiro atoms. The molecular formula is C13H21N3O4. The lowest BCUT2D eigenvalue weighted by atomic mass is 9.93. The fourth-order valence-electron chi connectivity index (χ4n) is 3.24. The van der Waals surface area contributed by atoms with Gasteiger partial charge in [-0.25, -0.2) is 4.79 Å². The van der Waals surface area contributed by atoms with Crippen LogP contribution in [0.2, 0.25) is 0 Å². The van der Waals surface area contributed by atoms with Crippen molar-refractivity contribution in [1.29, 1.82) is 0 Å². The fourth-order valence-corrected chi connectivity index (χ4v) is 3.24. The van der Waals surface area contributed by atoms with Crippen LogP contribution >= 0.6 is 0 Å². The monoisotopic (exact) mass is 283 g/mol. The number of nitroso groups, excluding NO2 is 1. The second-order valence-electron chi connectivity index (χ2n) is 6.68. The summed E-state index contributed by atoms with van der Waals surface area (Å²) in [5.74, 6) is -0.852. The van der Waals surface area contributed by atoms with E-state index in [0.717, 1.165) is 19.3 Å². The molecule has 1 aliphatic heterocycles. The van der Waals surface area contributed by atoms with Crippen molar-refractivity contribution in [2.45, 2.75) is 69.7 Å². The second-order valence-corrected chi connectivity index (χ2v) is 6.68. The number of hydrogen-bond donors (Lipinski definition) is 1. The largest absolute Gasteiger partial charge is 0.444 e. The van der Waals surface area contributed by atoms with E-state index >= 15 is 0 Å². The van der Waals surface area contributed by atoms with Gasteiger partial charge in [-0.1, -0.05) is 0 Å². The first-order chi connectivity index (χ1) is 9.18. The molecule has 0 aromatic carbocycles. The molecule has 7 nitrogen and oxygen atoms in total. The molecule has 2 rings (SSSR count). The summed E-state index contributed by atoms with van der Waals surface area (Å²) in [6, 6.07) is -1.15. The Kier molecular flexibility index (Phi) is 3.58. The molecule has 1 saturated carbocycles. The number of carbonyl (C=O) groups excluding carboxylic acids is 2. The Morgan fingerprint density at radius 2 is 2.05 bits per heavy atom. The summed E-state index contributed by atoms with van der Waals surface area (Å²) >= 11 is 0. The summed E-state index contributed by atoms with van der Waals surface area (Å²) in [5.41, 5.74) is 5.02. The van der Waals surface area contributed by atoms with Crippen LogP contribution in [0.15, 0.2) is 5.18 Å². The number of fused-ring (bicyclic) bond motifs is 1. The quantitative estimate of drug-likeness (QED) is 0.735. The minimum atomic E-state index is -0.891. The Bertz CT molecular complexity index is 445. The highest BCUT2D eigenvalue weighted by Gasteiger charge is 2.57. The minimum Gasteiger partial charge on any atom is -0.444 e. The average molecular weight is 283 g/mol. The molecule has 1 saturated heterocycles. The van der Waals surface area contributed by atoms with Gasteiger partial charge in [0, 0.05) is 10.7 Å². The molecule has 1 heterocycles. The summed E-state index contributed by atoms with van der Waals surface area (Å²) < 4.78 is 5.34. The van der Waals surface area contributed by atoms with Crippen LogP contribution in [0.3, 0.4) is 0 Å². The van der Waals surface area contributed by atoms with Crippen molar-refractivity contribution in [1.82, 2.24) is 4.90 Å². The molecule has 1 unspecified atom stereocenters. The molecule has 2 N–H and O–H groups in total. The zero-order chi connectivity index (χ0) is 15.1. The predicted molar refractivity (Wildman–Crippen MR) is 71.8 cm³/mol. The van der Waals surface area contributed by atoms with Crippen molar-refractivity contribution in [3.05, 3.63) is 4.91 Å². The number of carbonyl (C=O) groups is 2. The van der Waals surface area contributed by atoms with Crippen LogP contribution in [0.4, 0.5) is 4.79 Å². The smallest absolute Gasteiger partial charge is 0.411 e. The highest BCUT2D eigenvalue weighted by Crippen LogP contribution is 2.43. The van der Waals surface area contributed by atoms with E-state index in [0.29, 0.717) is 0 Å². The molecule has 1 aliphatic carbocycles. The standard InChI is InChI=1S/C13H21N3O4/c1-12(2,3)20-11(18)16-8(10(17)15-19)7-13(14)6-4-5-9(13)16/h8-9H,4-7,14H2,1-3H3/t8-,9?,13+/m0/s1. The molecule has 2 amide bonds. The van der Waals surface area contributed by atoms with E-state index in [-0.39, 0.29) is 12.5 Å². The van der Waals surface area contributed by atoms with Crippen molar-refractivity contribution in [3.63, 3.8) is 0 Å². The predicted octanol–water partition coefficient (Wildman–Crippen LogP) is 1.54. The molecule has 2 fully saturated rings. The number of nitrogens with two attached hydrogens (primary N) is 1. The van der Waals surface area contributed by atoms with Crippen LogP contribution in [-0.4, -0.2) is 40.1 Å². The third-order valence-electron chi connectivity index (χ3n) is 4.01. The number of rotatable bonds is 1. The first kappa shape index (κ1) is 14.9. The molecule has 0 bridgehead atoms. The number of nitrogens with zero attached hydrogens (tertiary/aromatic N) is 2. The van der Waals surface area contributed by atoms with Crippen molar-refractivity contribution < 1.29 is 14.3 Å². The Labute approximate surface area is 117 Å². The van der Waals surface area contributed by atoms with Gasteiger partial charge in [-0.3, -0.25) is 9.69 Å². The van der Waals surface area contributed by atoms with Gasteiger partial charge < -0.3 is 10.5 Å². The zero-order valence-corrected chi connectivity index (χ0v) is 12.1. The Morgan fingerprint density at radius 3 is 2.60 bits per heavy atom. The van der Waals surface area contributed by atoms with E-state index < -0.39 is 29.2 Å². The van der Waals surface area contributed by atoms with E-state index in [2.05, 4.69) is 5.18 Å². The van der Waals surface area contributed by atoms with E-state index in [9.17, 15) is 14.5 Å².